The van der Waals surface area contributed by atoms with Gasteiger partial charge in [-0.3, -0.25) is 14.4 Å². The minimum Gasteiger partial charge on any atom is -0.383 e. The van der Waals surface area contributed by atoms with Crippen molar-refractivity contribution >= 4 is 17.6 Å². The van der Waals surface area contributed by atoms with Gasteiger partial charge in [-0.2, -0.15) is 22.0 Å². The lowest BCUT2D eigenvalue weighted by Gasteiger charge is -2.56. The highest BCUT2D eigenvalue weighted by molar-refractivity contribution is 5.94. The molecule has 0 radical (unpaired) electrons. The van der Waals surface area contributed by atoms with Crippen molar-refractivity contribution < 1.29 is 41.4 Å². The molecule has 0 spiro atoms. The van der Waals surface area contributed by atoms with E-state index in [-0.39, 0.29) is 49.4 Å². The highest BCUT2D eigenvalue weighted by Gasteiger charge is 2.79. The molecular formula is C31H35F5N2O4. The number of carbonyl (C=O) groups excluding carboxylic acids is 3. The average Bonchev–Trinajstić information content (AvgIpc) is 3.21. The molecule has 5 atom stereocenters. The third-order valence-electron chi connectivity index (χ3n) is 10.1. The van der Waals surface area contributed by atoms with Gasteiger partial charge in [0, 0.05) is 43.3 Å². The molecular weight excluding hydrogens is 559 g/mol. The SMILES string of the molecule is CC(=O)NCCNC(=O)c1ccc([C@H]2C[C@@]3(C)C(CC[C@]3(O)C(F)(F)C(F)(F)F)C3CCC4=CC(=O)CCC4=C32)cc1. The van der Waals surface area contributed by atoms with Crippen LogP contribution in [-0.4, -0.2) is 53.5 Å². The fraction of sp³-hybridized carbons (Fsp3) is 0.581. The number of rotatable bonds is 6. The van der Waals surface area contributed by atoms with Gasteiger partial charge < -0.3 is 15.7 Å². The van der Waals surface area contributed by atoms with Gasteiger partial charge in [0.1, 0.15) is 5.60 Å². The number of allylic oxidation sites excluding steroid dienone is 4. The minimum absolute atomic E-state index is 0.0129. The largest absolute Gasteiger partial charge is 0.456 e. The molecule has 42 heavy (non-hydrogen) atoms. The third kappa shape index (κ3) is 4.77. The van der Waals surface area contributed by atoms with Gasteiger partial charge in [0.05, 0.1) is 0 Å². The molecule has 0 heterocycles. The number of ketones is 1. The zero-order valence-corrected chi connectivity index (χ0v) is 23.5. The van der Waals surface area contributed by atoms with Crippen LogP contribution in [0.2, 0.25) is 0 Å². The van der Waals surface area contributed by atoms with Crippen molar-refractivity contribution in [2.45, 2.75) is 82.4 Å². The normalized spacial score (nSPS) is 31.1. The molecule has 11 heteroatoms. The molecule has 5 rings (SSSR count). The number of hydrogen-bond donors (Lipinski definition) is 3. The van der Waals surface area contributed by atoms with Gasteiger partial charge in [0.15, 0.2) is 5.78 Å². The summed E-state index contributed by atoms with van der Waals surface area (Å²) in [5.41, 5.74) is -1.19. The van der Waals surface area contributed by atoms with Crippen LogP contribution in [0.25, 0.3) is 0 Å². The van der Waals surface area contributed by atoms with Gasteiger partial charge >= 0.3 is 12.1 Å². The van der Waals surface area contributed by atoms with Crippen molar-refractivity contribution in [2.75, 3.05) is 13.1 Å². The maximum absolute atomic E-state index is 15.1. The van der Waals surface area contributed by atoms with Crippen molar-refractivity contribution in [3.8, 4) is 0 Å². The molecule has 0 aromatic heterocycles. The van der Waals surface area contributed by atoms with Gasteiger partial charge in [-0.1, -0.05) is 24.6 Å². The number of halogens is 5. The van der Waals surface area contributed by atoms with Gasteiger partial charge in [-0.15, -0.1) is 0 Å². The Morgan fingerprint density at radius 3 is 2.31 bits per heavy atom. The molecule has 1 aromatic carbocycles. The Labute approximate surface area is 240 Å². The molecule has 3 N–H and O–H groups in total. The zero-order valence-electron chi connectivity index (χ0n) is 23.5. The Morgan fingerprint density at radius 1 is 1.00 bits per heavy atom. The Hall–Kier alpha value is -3.08. The van der Waals surface area contributed by atoms with E-state index in [0.29, 0.717) is 36.8 Å². The van der Waals surface area contributed by atoms with E-state index in [1.165, 1.54) is 13.8 Å². The summed E-state index contributed by atoms with van der Waals surface area (Å²) in [6, 6.07) is 6.52. The molecule has 0 bridgehead atoms. The minimum atomic E-state index is -5.91. The van der Waals surface area contributed by atoms with Crippen molar-refractivity contribution in [3.05, 3.63) is 58.2 Å². The fourth-order valence-corrected chi connectivity index (χ4v) is 8.10. The standard InChI is InChI=1S/C31H35F5N2O4/c1-17(39)37-13-14-38-27(41)19-5-3-18(4-6-19)24-16-28(2)25(11-12-29(28,42)30(32,33)31(34,35)36)23-9-7-20-15-21(40)8-10-22(20)26(23)24/h3-6,15,23-25,42H,7-14,16H2,1-2H3,(H,37,39)(H,38,41)/t23?,24-,25?,28+,29-/m1/s1. The van der Waals surface area contributed by atoms with Gasteiger partial charge in [0.25, 0.3) is 5.91 Å². The van der Waals surface area contributed by atoms with E-state index in [4.69, 9.17) is 0 Å². The van der Waals surface area contributed by atoms with Gasteiger partial charge in [-0.25, -0.2) is 0 Å². The van der Waals surface area contributed by atoms with E-state index in [1.807, 2.05) is 0 Å². The second kappa shape index (κ2) is 10.6. The monoisotopic (exact) mass is 594 g/mol. The molecule has 2 unspecified atom stereocenters. The summed E-state index contributed by atoms with van der Waals surface area (Å²) < 4.78 is 71.4. The lowest BCUT2D eigenvalue weighted by molar-refractivity contribution is -0.362. The fourth-order valence-electron chi connectivity index (χ4n) is 8.10. The van der Waals surface area contributed by atoms with Crippen LogP contribution in [0.3, 0.4) is 0 Å². The molecule has 2 saturated carbocycles. The van der Waals surface area contributed by atoms with Crippen LogP contribution in [0.1, 0.15) is 80.6 Å². The van der Waals surface area contributed by atoms with Crippen molar-refractivity contribution in [2.24, 2.45) is 17.3 Å². The summed E-state index contributed by atoms with van der Waals surface area (Å²) in [6.45, 7) is 3.21. The number of aliphatic hydroxyl groups is 1. The summed E-state index contributed by atoms with van der Waals surface area (Å²) in [7, 11) is 0. The van der Waals surface area contributed by atoms with E-state index < -0.39 is 41.4 Å². The number of hydrogen-bond acceptors (Lipinski definition) is 4. The second-order valence-corrected chi connectivity index (χ2v) is 12.3. The Balaban J connectivity index is 1.54. The Morgan fingerprint density at radius 2 is 1.67 bits per heavy atom. The summed E-state index contributed by atoms with van der Waals surface area (Å²) in [5.74, 6) is -7.37. The highest BCUT2D eigenvalue weighted by Crippen LogP contribution is 2.70. The first-order chi connectivity index (χ1) is 19.6. The smallest absolute Gasteiger partial charge is 0.383 e. The Kier molecular flexibility index (Phi) is 7.65. The molecule has 0 aliphatic heterocycles. The van der Waals surface area contributed by atoms with E-state index in [0.717, 1.165) is 16.7 Å². The van der Waals surface area contributed by atoms with Crippen LogP contribution in [0, 0.1) is 17.3 Å². The molecule has 228 valence electrons. The zero-order chi connectivity index (χ0) is 30.7. The lowest BCUT2D eigenvalue weighted by atomic mass is 9.50. The van der Waals surface area contributed by atoms with Crippen LogP contribution in [0.5, 0.6) is 0 Å². The van der Waals surface area contributed by atoms with Gasteiger partial charge in [-0.05, 0) is 85.3 Å². The van der Waals surface area contributed by atoms with Crippen molar-refractivity contribution in [3.63, 3.8) is 0 Å². The molecule has 2 amide bonds. The van der Waals surface area contributed by atoms with Crippen LogP contribution in [0.15, 0.2) is 47.1 Å². The molecule has 6 nitrogen and oxygen atoms in total. The van der Waals surface area contributed by atoms with Crippen LogP contribution >= 0.6 is 0 Å². The number of nitrogens with one attached hydrogen (secondary N) is 2. The molecule has 4 aliphatic rings. The number of carbonyl (C=O) groups is 3. The van der Waals surface area contributed by atoms with Crippen LogP contribution in [0.4, 0.5) is 22.0 Å². The average molecular weight is 595 g/mol. The predicted molar refractivity (Wildman–Crippen MR) is 144 cm³/mol. The quantitative estimate of drug-likeness (QED) is 0.305. The lowest BCUT2D eigenvalue weighted by Crippen LogP contribution is -2.65. The third-order valence-corrected chi connectivity index (χ3v) is 10.1. The van der Waals surface area contributed by atoms with Crippen molar-refractivity contribution in [1.82, 2.24) is 10.6 Å². The first kappa shape index (κ1) is 30.4. The maximum atomic E-state index is 15.1. The topological polar surface area (TPSA) is 95.5 Å². The van der Waals surface area contributed by atoms with Crippen LogP contribution in [-0.2, 0) is 9.59 Å². The number of amides is 2. The van der Waals surface area contributed by atoms with E-state index in [9.17, 15) is 32.7 Å². The Bertz CT molecular complexity index is 1350. The predicted octanol–water partition coefficient (Wildman–Crippen LogP) is 5.38. The summed E-state index contributed by atoms with van der Waals surface area (Å²) in [5, 5.41) is 16.6. The maximum Gasteiger partial charge on any atom is 0.456 e. The first-order valence-corrected chi connectivity index (χ1v) is 14.4. The molecule has 1 aromatic rings. The summed E-state index contributed by atoms with van der Waals surface area (Å²) in [6.07, 6.45) is -3.21. The number of benzene rings is 1. The van der Waals surface area contributed by atoms with E-state index >= 15 is 8.78 Å². The summed E-state index contributed by atoms with van der Waals surface area (Å²) in [4.78, 5) is 35.8. The number of alkyl halides is 5. The summed E-state index contributed by atoms with van der Waals surface area (Å²) >= 11 is 0. The first-order valence-electron chi connectivity index (χ1n) is 14.4. The molecule has 0 saturated heterocycles. The van der Waals surface area contributed by atoms with Crippen molar-refractivity contribution in [1.29, 1.82) is 0 Å². The van der Waals surface area contributed by atoms with Crippen LogP contribution < -0.4 is 10.6 Å². The molecule has 2 fully saturated rings. The highest BCUT2D eigenvalue weighted by atomic mass is 19.4. The second-order valence-electron chi connectivity index (χ2n) is 12.3. The van der Waals surface area contributed by atoms with E-state index in [2.05, 4.69) is 10.6 Å². The molecule has 4 aliphatic carbocycles. The number of fused-ring (bicyclic) bond motifs is 4. The van der Waals surface area contributed by atoms with E-state index in [1.54, 1.807) is 30.3 Å². The van der Waals surface area contributed by atoms with Gasteiger partial charge in [0.2, 0.25) is 5.91 Å².